The molecule has 3 aromatic rings. The SMILES string of the molecule is CCCCOc1ccc(C(=O)Oc2cc(C)c3oc(C)c(C(=O)OCC)c3c2Br)cc1. The van der Waals surface area contributed by atoms with Gasteiger partial charge in [-0.2, -0.15) is 0 Å². The maximum absolute atomic E-state index is 12.7. The molecule has 2 aromatic carbocycles. The van der Waals surface area contributed by atoms with E-state index in [1.165, 1.54) is 0 Å². The van der Waals surface area contributed by atoms with Crippen molar-refractivity contribution in [2.75, 3.05) is 13.2 Å². The molecule has 0 saturated heterocycles. The number of benzene rings is 2. The summed E-state index contributed by atoms with van der Waals surface area (Å²) >= 11 is 3.48. The van der Waals surface area contributed by atoms with Gasteiger partial charge in [-0.1, -0.05) is 13.3 Å². The van der Waals surface area contributed by atoms with Gasteiger partial charge < -0.3 is 18.6 Å². The number of aryl methyl sites for hydroxylation is 2. The molecule has 7 heteroatoms. The summed E-state index contributed by atoms with van der Waals surface area (Å²) in [6, 6.07) is 8.51. The van der Waals surface area contributed by atoms with Gasteiger partial charge in [0.15, 0.2) is 0 Å². The molecule has 0 radical (unpaired) electrons. The lowest BCUT2D eigenvalue weighted by molar-refractivity contribution is 0.0526. The molecule has 0 N–H and O–H groups in total. The summed E-state index contributed by atoms with van der Waals surface area (Å²) in [5, 5.41) is 0.526. The lowest BCUT2D eigenvalue weighted by Crippen LogP contribution is -2.10. The number of carbonyl (C=O) groups is 2. The largest absolute Gasteiger partial charge is 0.494 e. The van der Waals surface area contributed by atoms with Crippen molar-refractivity contribution in [3.8, 4) is 11.5 Å². The quantitative estimate of drug-likeness (QED) is 0.208. The Morgan fingerprint density at radius 3 is 2.42 bits per heavy atom. The lowest BCUT2D eigenvalue weighted by Gasteiger charge is -2.10. The second kappa shape index (κ2) is 10.0. The van der Waals surface area contributed by atoms with Gasteiger partial charge in [0, 0.05) is 0 Å². The Bertz CT molecular complexity index is 1100. The fourth-order valence-electron chi connectivity index (χ4n) is 3.18. The van der Waals surface area contributed by atoms with Crippen molar-refractivity contribution < 1.29 is 28.2 Å². The zero-order valence-corrected chi connectivity index (χ0v) is 19.6. The molecule has 0 aliphatic rings. The minimum atomic E-state index is -0.516. The minimum Gasteiger partial charge on any atom is -0.494 e. The monoisotopic (exact) mass is 488 g/mol. The van der Waals surface area contributed by atoms with E-state index in [2.05, 4.69) is 22.9 Å². The molecular formula is C24H25BrO6. The van der Waals surface area contributed by atoms with E-state index in [0.717, 1.165) is 18.4 Å². The molecule has 1 heterocycles. The van der Waals surface area contributed by atoms with Crippen molar-refractivity contribution in [1.29, 1.82) is 0 Å². The Morgan fingerprint density at radius 1 is 1.06 bits per heavy atom. The number of hydrogen-bond acceptors (Lipinski definition) is 6. The third-order valence-corrected chi connectivity index (χ3v) is 5.55. The van der Waals surface area contributed by atoms with Crippen LogP contribution in [-0.4, -0.2) is 25.2 Å². The molecule has 0 aliphatic carbocycles. The molecule has 0 atom stereocenters. The average Bonchev–Trinajstić information content (AvgIpc) is 3.10. The zero-order chi connectivity index (χ0) is 22.5. The fraction of sp³-hybridized carbons (Fsp3) is 0.333. The second-order valence-electron chi connectivity index (χ2n) is 7.08. The van der Waals surface area contributed by atoms with Crippen molar-refractivity contribution in [1.82, 2.24) is 0 Å². The summed E-state index contributed by atoms with van der Waals surface area (Å²) in [7, 11) is 0. The highest BCUT2D eigenvalue weighted by molar-refractivity contribution is 9.10. The van der Waals surface area contributed by atoms with Crippen LogP contribution in [0.2, 0.25) is 0 Å². The topological polar surface area (TPSA) is 75.0 Å². The van der Waals surface area contributed by atoms with Gasteiger partial charge in [0.05, 0.1) is 28.6 Å². The third kappa shape index (κ3) is 4.93. The van der Waals surface area contributed by atoms with Crippen LogP contribution in [-0.2, 0) is 4.74 Å². The molecule has 0 unspecified atom stereocenters. The summed E-state index contributed by atoms with van der Waals surface area (Å²) in [4.78, 5) is 25.2. The first kappa shape index (κ1) is 22.9. The van der Waals surface area contributed by atoms with Gasteiger partial charge >= 0.3 is 11.9 Å². The maximum atomic E-state index is 12.7. The fourth-order valence-corrected chi connectivity index (χ4v) is 3.76. The summed E-state index contributed by atoms with van der Waals surface area (Å²) < 4.78 is 22.7. The van der Waals surface area contributed by atoms with Crippen LogP contribution in [0, 0.1) is 13.8 Å². The molecule has 0 bridgehead atoms. The molecule has 31 heavy (non-hydrogen) atoms. The first-order valence-corrected chi connectivity index (χ1v) is 11.0. The molecule has 0 amide bonds. The zero-order valence-electron chi connectivity index (χ0n) is 18.0. The van der Waals surface area contributed by atoms with Gasteiger partial charge in [-0.25, -0.2) is 9.59 Å². The number of unbranched alkanes of at least 4 members (excludes halogenated alkanes) is 1. The Kier molecular flexibility index (Phi) is 7.38. The standard InChI is InChI=1S/C24H25BrO6/c1-5-7-12-29-17-10-8-16(9-11-17)23(26)31-18-13-14(3)22-20(21(18)25)19(15(4)30-22)24(27)28-6-2/h8-11,13H,5-7,12H2,1-4H3. The normalized spacial score (nSPS) is 10.9. The summed E-state index contributed by atoms with van der Waals surface area (Å²) in [6.45, 7) is 8.25. The number of halogens is 1. The van der Waals surface area contributed by atoms with E-state index in [4.69, 9.17) is 18.6 Å². The van der Waals surface area contributed by atoms with Gasteiger partial charge in [0.25, 0.3) is 0 Å². The predicted octanol–water partition coefficient (Wildman–Crippen LogP) is 6.39. The first-order chi connectivity index (χ1) is 14.9. The molecule has 164 valence electrons. The molecule has 6 nitrogen and oxygen atoms in total. The molecule has 0 aliphatic heterocycles. The molecule has 0 saturated carbocycles. The molecule has 1 aromatic heterocycles. The first-order valence-electron chi connectivity index (χ1n) is 10.2. The van der Waals surface area contributed by atoms with Crippen LogP contribution in [0.1, 0.15) is 58.7 Å². The van der Waals surface area contributed by atoms with Gasteiger partial charge in [0.2, 0.25) is 0 Å². The van der Waals surface area contributed by atoms with Crippen molar-refractivity contribution in [2.24, 2.45) is 0 Å². The van der Waals surface area contributed by atoms with Crippen LogP contribution in [0.15, 0.2) is 39.2 Å². The van der Waals surface area contributed by atoms with Gasteiger partial charge in [-0.3, -0.25) is 0 Å². The Balaban J connectivity index is 1.89. The van der Waals surface area contributed by atoms with Crippen LogP contribution in [0.3, 0.4) is 0 Å². The molecule has 0 spiro atoms. The predicted molar refractivity (Wildman–Crippen MR) is 121 cm³/mol. The van der Waals surface area contributed by atoms with Gasteiger partial charge in [0.1, 0.15) is 28.4 Å². The van der Waals surface area contributed by atoms with E-state index in [9.17, 15) is 9.59 Å². The Labute approximate surface area is 189 Å². The highest BCUT2D eigenvalue weighted by Crippen LogP contribution is 2.40. The maximum Gasteiger partial charge on any atom is 0.343 e. The van der Waals surface area contributed by atoms with Crippen LogP contribution in [0.5, 0.6) is 11.5 Å². The van der Waals surface area contributed by atoms with Gasteiger partial charge in [-0.15, -0.1) is 0 Å². The van der Waals surface area contributed by atoms with Crippen LogP contribution < -0.4 is 9.47 Å². The number of ether oxygens (including phenoxy) is 3. The van der Waals surface area contributed by atoms with E-state index in [0.29, 0.717) is 50.4 Å². The lowest BCUT2D eigenvalue weighted by atomic mass is 10.1. The minimum absolute atomic E-state index is 0.244. The summed E-state index contributed by atoms with van der Waals surface area (Å²) in [5.41, 5.74) is 1.99. The van der Waals surface area contributed by atoms with Gasteiger partial charge in [-0.05, 0) is 79.0 Å². The number of fused-ring (bicyclic) bond motifs is 1. The van der Waals surface area contributed by atoms with E-state index in [1.54, 1.807) is 44.2 Å². The van der Waals surface area contributed by atoms with Crippen molar-refractivity contribution in [3.63, 3.8) is 0 Å². The highest BCUT2D eigenvalue weighted by atomic mass is 79.9. The van der Waals surface area contributed by atoms with Crippen molar-refractivity contribution in [2.45, 2.75) is 40.5 Å². The van der Waals surface area contributed by atoms with E-state index >= 15 is 0 Å². The molecule has 3 rings (SSSR count). The van der Waals surface area contributed by atoms with E-state index < -0.39 is 11.9 Å². The molecule has 0 fully saturated rings. The smallest absolute Gasteiger partial charge is 0.343 e. The van der Waals surface area contributed by atoms with Crippen LogP contribution in [0.4, 0.5) is 0 Å². The molecular weight excluding hydrogens is 464 g/mol. The van der Waals surface area contributed by atoms with Crippen LogP contribution >= 0.6 is 15.9 Å². The van der Waals surface area contributed by atoms with Crippen molar-refractivity contribution in [3.05, 3.63) is 57.3 Å². The second-order valence-corrected chi connectivity index (χ2v) is 7.87. The summed E-state index contributed by atoms with van der Waals surface area (Å²) in [5.74, 6) is 0.443. The number of furan rings is 1. The average molecular weight is 489 g/mol. The Morgan fingerprint density at radius 2 is 1.77 bits per heavy atom. The summed E-state index contributed by atoms with van der Waals surface area (Å²) in [6.07, 6.45) is 2.03. The number of hydrogen-bond donors (Lipinski definition) is 0. The number of carbonyl (C=O) groups excluding carboxylic acids is 2. The van der Waals surface area contributed by atoms with Crippen LogP contribution in [0.25, 0.3) is 11.0 Å². The number of rotatable bonds is 8. The van der Waals surface area contributed by atoms with E-state index in [-0.39, 0.29) is 6.61 Å². The Hall–Kier alpha value is -2.80. The highest BCUT2D eigenvalue weighted by Gasteiger charge is 2.25. The van der Waals surface area contributed by atoms with E-state index in [1.807, 2.05) is 6.92 Å². The van der Waals surface area contributed by atoms with Crippen molar-refractivity contribution >= 4 is 38.8 Å². The number of esters is 2. The third-order valence-electron chi connectivity index (χ3n) is 4.76.